The fourth-order valence-corrected chi connectivity index (χ4v) is 2.86. The molecular weight excluding hydrogens is 302 g/mol. The Morgan fingerprint density at radius 1 is 1.26 bits per heavy atom. The van der Waals surface area contributed by atoms with Crippen molar-refractivity contribution >= 4 is 0 Å². The minimum absolute atomic E-state index is 0.110. The summed E-state index contributed by atoms with van der Waals surface area (Å²) < 4.78 is 30.8. The summed E-state index contributed by atoms with van der Waals surface area (Å²) in [4.78, 5) is 0. The lowest BCUT2D eigenvalue weighted by Crippen LogP contribution is -2.24. The molecule has 0 amide bonds. The van der Waals surface area contributed by atoms with E-state index in [9.17, 15) is 8.78 Å². The van der Waals surface area contributed by atoms with Gasteiger partial charge in [-0.1, -0.05) is 5.21 Å². The summed E-state index contributed by atoms with van der Waals surface area (Å²) >= 11 is 0. The molecule has 0 atom stereocenters. The fraction of sp³-hybridized carbons (Fsp3) is 0.267. The molecule has 0 bridgehead atoms. The molecule has 0 saturated carbocycles. The van der Waals surface area contributed by atoms with Crippen molar-refractivity contribution in [3.63, 3.8) is 0 Å². The van der Waals surface area contributed by atoms with Gasteiger partial charge >= 0.3 is 0 Å². The molecule has 0 aliphatic carbocycles. The molecule has 3 heterocycles. The highest BCUT2D eigenvalue weighted by molar-refractivity contribution is 5.61. The molecule has 0 saturated heterocycles. The number of hydrogen-bond acceptors (Lipinski definition) is 4. The second-order valence-corrected chi connectivity index (χ2v) is 5.49. The van der Waals surface area contributed by atoms with Crippen LogP contribution >= 0.6 is 0 Å². The van der Waals surface area contributed by atoms with E-state index >= 15 is 0 Å². The summed E-state index contributed by atoms with van der Waals surface area (Å²) in [6.07, 6.45) is 2.43. The van der Waals surface area contributed by atoms with Gasteiger partial charge in [-0.15, -0.1) is 5.10 Å². The first kappa shape index (κ1) is 14.0. The van der Waals surface area contributed by atoms with E-state index in [1.807, 2.05) is 0 Å². The van der Waals surface area contributed by atoms with E-state index in [0.717, 1.165) is 36.0 Å². The lowest BCUT2D eigenvalue weighted by molar-refractivity contribution is 0.575. The summed E-state index contributed by atoms with van der Waals surface area (Å²) in [5, 5.41) is 15.8. The van der Waals surface area contributed by atoms with Gasteiger partial charge in [-0.25, -0.2) is 13.5 Å². The molecular formula is C15H14F2N6. The van der Waals surface area contributed by atoms with Gasteiger partial charge in [0.25, 0.3) is 0 Å². The summed E-state index contributed by atoms with van der Waals surface area (Å²) in [5.41, 5.74) is 3.18. The Morgan fingerprint density at radius 2 is 2.13 bits per heavy atom. The number of aryl methyl sites for hydroxylation is 1. The van der Waals surface area contributed by atoms with Crippen LogP contribution in [0, 0.1) is 11.6 Å². The van der Waals surface area contributed by atoms with Crippen molar-refractivity contribution in [2.24, 2.45) is 7.05 Å². The number of aromatic nitrogens is 5. The first-order valence-electron chi connectivity index (χ1n) is 7.27. The van der Waals surface area contributed by atoms with E-state index in [4.69, 9.17) is 0 Å². The van der Waals surface area contributed by atoms with E-state index in [-0.39, 0.29) is 5.69 Å². The van der Waals surface area contributed by atoms with Crippen molar-refractivity contribution in [3.8, 4) is 17.1 Å². The molecule has 1 N–H and O–H groups in total. The topological polar surface area (TPSA) is 60.6 Å². The number of nitrogens with zero attached hydrogens (tertiary/aromatic N) is 5. The van der Waals surface area contributed by atoms with Crippen LogP contribution in [-0.2, 0) is 20.0 Å². The lowest BCUT2D eigenvalue weighted by Gasteiger charge is -2.15. The molecule has 23 heavy (non-hydrogen) atoms. The molecule has 0 radical (unpaired) electrons. The molecule has 0 fully saturated rings. The van der Waals surface area contributed by atoms with Crippen LogP contribution in [0.25, 0.3) is 17.1 Å². The lowest BCUT2D eigenvalue weighted by atomic mass is 10.1. The van der Waals surface area contributed by atoms with Gasteiger partial charge in [-0.3, -0.25) is 4.68 Å². The van der Waals surface area contributed by atoms with Crippen LogP contribution in [-0.4, -0.2) is 31.3 Å². The third-order valence-electron chi connectivity index (χ3n) is 3.91. The third kappa shape index (κ3) is 2.31. The van der Waals surface area contributed by atoms with E-state index in [1.165, 1.54) is 4.68 Å². The smallest absolute Gasteiger partial charge is 0.149 e. The van der Waals surface area contributed by atoms with E-state index < -0.39 is 11.6 Å². The molecule has 1 aromatic carbocycles. The average molecular weight is 316 g/mol. The molecule has 0 spiro atoms. The summed E-state index contributed by atoms with van der Waals surface area (Å²) in [6.45, 7) is 1.37. The monoisotopic (exact) mass is 316 g/mol. The van der Waals surface area contributed by atoms with Crippen molar-refractivity contribution in [1.29, 1.82) is 0 Å². The van der Waals surface area contributed by atoms with Crippen LogP contribution in [0.3, 0.4) is 0 Å². The highest BCUT2D eigenvalue weighted by atomic mass is 19.1. The summed E-state index contributed by atoms with van der Waals surface area (Å²) in [6, 6.07) is 3.37. The van der Waals surface area contributed by atoms with E-state index in [2.05, 4.69) is 20.7 Å². The maximum absolute atomic E-state index is 14.2. The van der Waals surface area contributed by atoms with Crippen LogP contribution in [0.15, 0.2) is 24.4 Å². The average Bonchev–Trinajstić information content (AvgIpc) is 3.13. The standard InChI is InChI=1S/C15H14F2N6/c1-22-8-12(19-21-22)15-10-7-18-5-4-13(10)23(20-15)14-6-9(16)2-3-11(14)17/h2-3,6,8,18H,4-5,7H2,1H3. The normalized spacial score (nSPS) is 14.0. The van der Waals surface area contributed by atoms with Crippen molar-refractivity contribution in [2.75, 3.05) is 6.54 Å². The maximum atomic E-state index is 14.2. The van der Waals surface area contributed by atoms with Gasteiger partial charge in [0.2, 0.25) is 0 Å². The predicted molar refractivity (Wildman–Crippen MR) is 78.9 cm³/mol. The van der Waals surface area contributed by atoms with Crippen molar-refractivity contribution < 1.29 is 8.78 Å². The van der Waals surface area contributed by atoms with E-state index in [0.29, 0.717) is 24.4 Å². The van der Waals surface area contributed by atoms with Gasteiger partial charge in [-0.2, -0.15) is 5.10 Å². The Bertz CT molecular complexity index is 882. The molecule has 1 aliphatic heterocycles. The van der Waals surface area contributed by atoms with Crippen LogP contribution in [0.5, 0.6) is 0 Å². The molecule has 3 aromatic rings. The fourth-order valence-electron chi connectivity index (χ4n) is 2.86. The highest BCUT2D eigenvalue weighted by Gasteiger charge is 2.25. The highest BCUT2D eigenvalue weighted by Crippen LogP contribution is 2.29. The molecule has 0 unspecified atom stereocenters. The summed E-state index contributed by atoms with van der Waals surface area (Å²) in [5.74, 6) is -1.01. The van der Waals surface area contributed by atoms with Gasteiger partial charge in [0.1, 0.15) is 28.7 Å². The van der Waals surface area contributed by atoms with Crippen molar-refractivity contribution in [2.45, 2.75) is 13.0 Å². The zero-order valence-electron chi connectivity index (χ0n) is 12.4. The van der Waals surface area contributed by atoms with E-state index in [1.54, 1.807) is 17.9 Å². The molecule has 6 nitrogen and oxygen atoms in total. The first-order valence-corrected chi connectivity index (χ1v) is 7.27. The molecule has 8 heteroatoms. The number of halogens is 2. The molecule has 118 valence electrons. The van der Waals surface area contributed by atoms with Crippen molar-refractivity contribution in [1.82, 2.24) is 30.1 Å². The third-order valence-corrected chi connectivity index (χ3v) is 3.91. The minimum Gasteiger partial charge on any atom is -0.312 e. The van der Waals surface area contributed by atoms with Crippen LogP contribution < -0.4 is 5.32 Å². The molecule has 2 aromatic heterocycles. The second kappa shape index (κ2) is 5.24. The Balaban J connectivity index is 1.94. The number of fused-ring (bicyclic) bond motifs is 1. The van der Waals surface area contributed by atoms with Gasteiger partial charge in [0.05, 0.1) is 11.9 Å². The van der Waals surface area contributed by atoms with Gasteiger partial charge < -0.3 is 5.32 Å². The predicted octanol–water partition coefficient (Wildman–Crippen LogP) is 1.59. The van der Waals surface area contributed by atoms with Gasteiger partial charge in [-0.05, 0) is 12.1 Å². The zero-order chi connectivity index (χ0) is 16.0. The number of hydrogen-bond donors (Lipinski definition) is 1. The Labute approximate surface area is 130 Å². The number of rotatable bonds is 2. The molecule has 4 rings (SSSR count). The first-order chi connectivity index (χ1) is 11.1. The summed E-state index contributed by atoms with van der Waals surface area (Å²) in [7, 11) is 1.77. The zero-order valence-corrected chi connectivity index (χ0v) is 12.4. The van der Waals surface area contributed by atoms with Gasteiger partial charge in [0.15, 0.2) is 0 Å². The van der Waals surface area contributed by atoms with Crippen molar-refractivity contribution in [3.05, 3.63) is 47.3 Å². The quantitative estimate of drug-likeness (QED) is 0.780. The number of nitrogens with one attached hydrogen (secondary N) is 1. The Morgan fingerprint density at radius 3 is 2.91 bits per heavy atom. The Kier molecular flexibility index (Phi) is 3.19. The van der Waals surface area contributed by atoms with Crippen LogP contribution in [0.4, 0.5) is 8.78 Å². The second-order valence-electron chi connectivity index (χ2n) is 5.49. The number of benzene rings is 1. The largest absolute Gasteiger partial charge is 0.312 e. The SMILES string of the molecule is Cn1cc(-c2nn(-c3cc(F)ccc3F)c3c2CNCC3)nn1. The molecule has 1 aliphatic rings. The van der Waals surface area contributed by atoms with Crippen LogP contribution in [0.2, 0.25) is 0 Å². The van der Waals surface area contributed by atoms with Crippen LogP contribution in [0.1, 0.15) is 11.3 Å². The maximum Gasteiger partial charge on any atom is 0.149 e. The Hall–Kier alpha value is -2.61. The van der Waals surface area contributed by atoms with Gasteiger partial charge in [0, 0.05) is 38.2 Å². The minimum atomic E-state index is -0.513.